The summed E-state index contributed by atoms with van der Waals surface area (Å²) in [6, 6.07) is 6.02. The fourth-order valence-corrected chi connectivity index (χ4v) is 1.50. The molecule has 2 aromatic rings. The zero-order valence-electron chi connectivity index (χ0n) is 8.38. The number of phenolic OH excluding ortho intramolecular Hbond substituents is 1. The molecule has 0 spiro atoms. The number of benzene rings is 1. The quantitative estimate of drug-likeness (QED) is 0.612. The Morgan fingerprint density at radius 2 is 2.19 bits per heavy atom. The Morgan fingerprint density at radius 1 is 1.38 bits per heavy atom. The first-order chi connectivity index (χ1) is 7.66. The summed E-state index contributed by atoms with van der Waals surface area (Å²) in [5.74, 6) is -0.0459. The zero-order valence-corrected chi connectivity index (χ0v) is 8.38. The number of rotatable bonds is 3. The van der Waals surface area contributed by atoms with Crippen LogP contribution in [0.1, 0.15) is 11.1 Å². The molecule has 0 amide bonds. The van der Waals surface area contributed by atoms with Crippen molar-refractivity contribution in [2.75, 3.05) is 0 Å². The number of non-ortho nitro benzene ring substituents is 1. The van der Waals surface area contributed by atoms with E-state index in [0.717, 1.165) is 5.56 Å². The molecule has 0 aliphatic carbocycles. The van der Waals surface area contributed by atoms with Gasteiger partial charge in [-0.2, -0.15) is 0 Å². The summed E-state index contributed by atoms with van der Waals surface area (Å²) in [7, 11) is 0. The van der Waals surface area contributed by atoms with E-state index in [2.05, 4.69) is 4.98 Å². The highest BCUT2D eigenvalue weighted by Gasteiger charge is 2.10. The molecule has 0 fully saturated rings. The van der Waals surface area contributed by atoms with Gasteiger partial charge in [0.15, 0.2) is 0 Å². The lowest BCUT2D eigenvalue weighted by Gasteiger charge is -2.02. The van der Waals surface area contributed by atoms with Crippen LogP contribution in [0.15, 0.2) is 36.7 Å². The van der Waals surface area contributed by atoms with Crippen LogP contribution < -0.4 is 0 Å². The summed E-state index contributed by atoms with van der Waals surface area (Å²) in [6.45, 7) is 0. The maximum absolute atomic E-state index is 10.5. The third kappa shape index (κ3) is 2.03. The molecule has 5 heteroatoms. The molecule has 0 saturated carbocycles. The molecule has 0 unspecified atom stereocenters. The van der Waals surface area contributed by atoms with Crippen molar-refractivity contribution >= 4 is 5.69 Å². The number of nitro benzene ring substituents is 1. The van der Waals surface area contributed by atoms with Gasteiger partial charge in [0.05, 0.1) is 11.0 Å². The molecule has 0 atom stereocenters. The number of aromatic amines is 1. The number of H-pyrrole nitrogens is 1. The van der Waals surface area contributed by atoms with Crippen LogP contribution in [-0.2, 0) is 6.42 Å². The van der Waals surface area contributed by atoms with Crippen LogP contribution in [0.25, 0.3) is 0 Å². The molecule has 2 N–H and O–H groups in total. The minimum atomic E-state index is -0.528. The van der Waals surface area contributed by atoms with Crippen molar-refractivity contribution in [3.8, 4) is 5.75 Å². The molecular formula is C11H10N2O3. The number of aromatic hydroxyl groups is 1. The van der Waals surface area contributed by atoms with Gasteiger partial charge in [0.2, 0.25) is 0 Å². The molecule has 82 valence electrons. The van der Waals surface area contributed by atoms with Crippen LogP contribution in [-0.4, -0.2) is 15.0 Å². The fourth-order valence-electron chi connectivity index (χ4n) is 1.50. The molecule has 0 aliphatic heterocycles. The molecule has 1 aromatic heterocycles. The van der Waals surface area contributed by atoms with Crippen molar-refractivity contribution in [3.05, 3.63) is 57.9 Å². The number of nitrogens with one attached hydrogen (secondary N) is 1. The fraction of sp³-hybridized carbons (Fsp3) is 0.0909. The van der Waals surface area contributed by atoms with E-state index in [1.807, 2.05) is 12.3 Å². The number of hydrogen-bond donors (Lipinski definition) is 2. The van der Waals surface area contributed by atoms with E-state index >= 15 is 0 Å². The Kier molecular flexibility index (Phi) is 2.59. The van der Waals surface area contributed by atoms with E-state index < -0.39 is 4.92 Å². The van der Waals surface area contributed by atoms with Gasteiger partial charge >= 0.3 is 0 Å². The maximum Gasteiger partial charge on any atom is 0.273 e. The smallest absolute Gasteiger partial charge is 0.273 e. The highest BCUT2D eigenvalue weighted by atomic mass is 16.6. The van der Waals surface area contributed by atoms with Gasteiger partial charge in [-0.05, 0) is 23.3 Å². The number of hydrogen-bond acceptors (Lipinski definition) is 3. The van der Waals surface area contributed by atoms with Crippen LogP contribution >= 0.6 is 0 Å². The molecule has 0 aliphatic rings. The van der Waals surface area contributed by atoms with Crippen LogP contribution in [0, 0.1) is 10.1 Å². The van der Waals surface area contributed by atoms with E-state index in [1.54, 1.807) is 12.3 Å². The first-order valence-corrected chi connectivity index (χ1v) is 4.75. The molecule has 1 heterocycles. The SMILES string of the molecule is O=[N+]([O-])c1ccc(Cc2cc[nH]c2)c(O)c1. The Labute approximate surface area is 91.5 Å². The molecule has 0 bridgehead atoms. The molecule has 1 aromatic carbocycles. The Hall–Kier alpha value is -2.30. The highest BCUT2D eigenvalue weighted by Crippen LogP contribution is 2.25. The molecule has 0 radical (unpaired) electrons. The summed E-state index contributed by atoms with van der Waals surface area (Å²) in [5.41, 5.74) is 1.59. The summed E-state index contributed by atoms with van der Waals surface area (Å²) < 4.78 is 0. The normalized spacial score (nSPS) is 10.2. The second-order valence-electron chi connectivity index (χ2n) is 3.47. The van der Waals surface area contributed by atoms with Gasteiger partial charge in [0, 0.05) is 24.9 Å². The lowest BCUT2D eigenvalue weighted by Crippen LogP contribution is -1.91. The number of phenols is 1. The van der Waals surface area contributed by atoms with Crippen molar-refractivity contribution in [3.63, 3.8) is 0 Å². The Morgan fingerprint density at radius 3 is 2.75 bits per heavy atom. The van der Waals surface area contributed by atoms with Crippen molar-refractivity contribution in [1.82, 2.24) is 4.98 Å². The van der Waals surface area contributed by atoms with Gasteiger partial charge < -0.3 is 10.1 Å². The zero-order chi connectivity index (χ0) is 11.5. The van der Waals surface area contributed by atoms with Gasteiger partial charge in [-0.15, -0.1) is 0 Å². The summed E-state index contributed by atoms with van der Waals surface area (Å²) in [4.78, 5) is 12.9. The van der Waals surface area contributed by atoms with Gasteiger partial charge in [-0.25, -0.2) is 0 Å². The van der Waals surface area contributed by atoms with Crippen LogP contribution in [0.2, 0.25) is 0 Å². The van der Waals surface area contributed by atoms with Crippen LogP contribution in [0.5, 0.6) is 5.75 Å². The maximum atomic E-state index is 10.5. The second kappa shape index (κ2) is 4.06. The van der Waals surface area contributed by atoms with E-state index in [9.17, 15) is 15.2 Å². The molecule has 0 saturated heterocycles. The van der Waals surface area contributed by atoms with Crippen molar-refractivity contribution in [1.29, 1.82) is 0 Å². The highest BCUT2D eigenvalue weighted by molar-refractivity contribution is 5.45. The summed E-state index contributed by atoms with van der Waals surface area (Å²) in [5, 5.41) is 20.1. The summed E-state index contributed by atoms with van der Waals surface area (Å²) in [6.07, 6.45) is 4.16. The predicted octanol–water partition coefficient (Wildman–Crippen LogP) is 2.22. The van der Waals surface area contributed by atoms with E-state index in [0.29, 0.717) is 12.0 Å². The van der Waals surface area contributed by atoms with Crippen molar-refractivity contribution in [2.45, 2.75) is 6.42 Å². The first kappa shape index (κ1) is 10.2. The molecule has 2 rings (SSSR count). The Balaban J connectivity index is 2.26. The molecule has 16 heavy (non-hydrogen) atoms. The molecular weight excluding hydrogens is 208 g/mol. The third-order valence-corrected chi connectivity index (χ3v) is 2.34. The Bertz CT molecular complexity index is 506. The largest absolute Gasteiger partial charge is 0.507 e. The van der Waals surface area contributed by atoms with E-state index in [1.165, 1.54) is 12.1 Å². The van der Waals surface area contributed by atoms with Gasteiger partial charge in [-0.1, -0.05) is 0 Å². The van der Waals surface area contributed by atoms with Gasteiger partial charge in [0.1, 0.15) is 5.75 Å². The third-order valence-electron chi connectivity index (χ3n) is 2.34. The molecule has 5 nitrogen and oxygen atoms in total. The topological polar surface area (TPSA) is 79.2 Å². The van der Waals surface area contributed by atoms with Crippen molar-refractivity contribution < 1.29 is 10.0 Å². The standard InChI is InChI=1S/C11H10N2O3/c14-11-6-10(13(15)16)2-1-9(11)5-8-3-4-12-7-8/h1-4,6-7,12,14H,5H2. The average molecular weight is 218 g/mol. The van der Waals surface area contributed by atoms with Gasteiger partial charge in [0.25, 0.3) is 5.69 Å². The van der Waals surface area contributed by atoms with Gasteiger partial charge in [-0.3, -0.25) is 10.1 Å². The number of nitro groups is 1. The minimum Gasteiger partial charge on any atom is -0.507 e. The predicted molar refractivity (Wildman–Crippen MR) is 58.4 cm³/mol. The monoisotopic (exact) mass is 218 g/mol. The van der Waals surface area contributed by atoms with Crippen LogP contribution in [0.3, 0.4) is 0 Å². The number of nitrogens with zero attached hydrogens (tertiary/aromatic N) is 1. The van der Waals surface area contributed by atoms with Crippen LogP contribution in [0.4, 0.5) is 5.69 Å². The summed E-state index contributed by atoms with van der Waals surface area (Å²) >= 11 is 0. The lowest BCUT2D eigenvalue weighted by molar-refractivity contribution is -0.384. The first-order valence-electron chi connectivity index (χ1n) is 4.75. The number of aromatic nitrogens is 1. The lowest BCUT2D eigenvalue weighted by atomic mass is 10.1. The average Bonchev–Trinajstić information content (AvgIpc) is 2.73. The second-order valence-corrected chi connectivity index (χ2v) is 3.47. The van der Waals surface area contributed by atoms with Crippen molar-refractivity contribution in [2.24, 2.45) is 0 Å². The van der Waals surface area contributed by atoms with E-state index in [4.69, 9.17) is 0 Å². The minimum absolute atomic E-state index is 0.0459. The van der Waals surface area contributed by atoms with E-state index in [-0.39, 0.29) is 11.4 Å².